The molecule has 0 aliphatic heterocycles. The summed E-state index contributed by atoms with van der Waals surface area (Å²) in [7, 11) is 2.07. The predicted octanol–water partition coefficient (Wildman–Crippen LogP) is 1.27. The van der Waals surface area contributed by atoms with Crippen molar-refractivity contribution in [1.82, 2.24) is 14.9 Å². The molecular formula is C13H19N3O. The topological polar surface area (TPSA) is 50.1 Å². The number of fused-ring (bicyclic) bond motifs is 1. The first kappa shape index (κ1) is 12.1. The highest BCUT2D eigenvalue weighted by atomic mass is 16.3. The number of pyridine rings is 1. The van der Waals surface area contributed by atoms with Gasteiger partial charge in [0, 0.05) is 42.6 Å². The van der Waals surface area contributed by atoms with Crippen molar-refractivity contribution in [1.29, 1.82) is 0 Å². The van der Waals surface area contributed by atoms with Gasteiger partial charge in [0.15, 0.2) is 0 Å². The fourth-order valence-electron chi connectivity index (χ4n) is 2.16. The van der Waals surface area contributed by atoms with Gasteiger partial charge in [-0.15, -0.1) is 0 Å². The highest BCUT2D eigenvalue weighted by Crippen LogP contribution is 2.21. The molecule has 4 heteroatoms. The molecule has 17 heavy (non-hydrogen) atoms. The van der Waals surface area contributed by atoms with E-state index in [0.717, 1.165) is 17.9 Å². The second-order valence-electron chi connectivity index (χ2n) is 4.38. The van der Waals surface area contributed by atoms with Crippen molar-refractivity contribution in [3.05, 3.63) is 29.2 Å². The summed E-state index contributed by atoms with van der Waals surface area (Å²) in [6.45, 7) is 5.62. The molecule has 0 aliphatic carbocycles. The molecule has 4 nitrogen and oxygen atoms in total. The maximum atomic E-state index is 8.75. The molecule has 2 N–H and O–H groups in total. The largest absolute Gasteiger partial charge is 0.395 e. The van der Waals surface area contributed by atoms with E-state index in [1.807, 2.05) is 13.8 Å². The van der Waals surface area contributed by atoms with Crippen LogP contribution >= 0.6 is 0 Å². The Hall–Kier alpha value is -1.39. The van der Waals surface area contributed by atoms with Gasteiger partial charge in [-0.05, 0) is 26.0 Å². The minimum Gasteiger partial charge on any atom is -0.395 e. The standard InChI is InChI=1S/C13H19N3O/c1-9-6-13-12(10(2)15-9)7-11(16(13)3)8-14-4-5-17/h6-7,14,17H,4-5,8H2,1-3H3. The van der Waals surface area contributed by atoms with Gasteiger partial charge >= 0.3 is 0 Å². The second kappa shape index (κ2) is 4.85. The minimum absolute atomic E-state index is 0.170. The van der Waals surface area contributed by atoms with Crippen LogP contribution in [0.15, 0.2) is 12.1 Å². The van der Waals surface area contributed by atoms with Gasteiger partial charge < -0.3 is 15.0 Å². The van der Waals surface area contributed by atoms with Crippen LogP contribution in [0.4, 0.5) is 0 Å². The number of hydrogen-bond donors (Lipinski definition) is 2. The van der Waals surface area contributed by atoms with Crippen molar-refractivity contribution in [2.45, 2.75) is 20.4 Å². The highest BCUT2D eigenvalue weighted by molar-refractivity contribution is 5.83. The first-order valence-corrected chi connectivity index (χ1v) is 5.87. The van der Waals surface area contributed by atoms with Gasteiger partial charge in [-0.25, -0.2) is 0 Å². The van der Waals surface area contributed by atoms with Crippen LogP contribution in [0.2, 0.25) is 0 Å². The van der Waals surface area contributed by atoms with E-state index < -0.39 is 0 Å². The molecule has 0 aromatic carbocycles. The van der Waals surface area contributed by atoms with Gasteiger partial charge in [-0.2, -0.15) is 0 Å². The van der Waals surface area contributed by atoms with Gasteiger partial charge in [0.05, 0.1) is 12.1 Å². The molecule has 0 atom stereocenters. The summed E-state index contributed by atoms with van der Waals surface area (Å²) in [6.07, 6.45) is 0. The second-order valence-corrected chi connectivity index (χ2v) is 4.38. The first-order valence-electron chi connectivity index (χ1n) is 5.87. The fourth-order valence-corrected chi connectivity index (χ4v) is 2.16. The van der Waals surface area contributed by atoms with Gasteiger partial charge in [-0.3, -0.25) is 4.98 Å². The molecule has 0 spiro atoms. The number of aromatic nitrogens is 2. The molecule has 0 unspecified atom stereocenters. The maximum absolute atomic E-state index is 8.75. The summed E-state index contributed by atoms with van der Waals surface area (Å²) in [4.78, 5) is 4.48. The zero-order chi connectivity index (χ0) is 12.4. The number of nitrogens with one attached hydrogen (secondary N) is 1. The number of hydrogen-bond acceptors (Lipinski definition) is 3. The monoisotopic (exact) mass is 233 g/mol. The van der Waals surface area contributed by atoms with Crippen LogP contribution in [0.1, 0.15) is 17.1 Å². The summed E-state index contributed by atoms with van der Waals surface area (Å²) in [6, 6.07) is 4.28. The molecule has 92 valence electrons. The van der Waals surface area contributed by atoms with E-state index in [9.17, 15) is 0 Å². The Morgan fingerprint density at radius 1 is 1.35 bits per heavy atom. The van der Waals surface area contributed by atoms with E-state index in [1.165, 1.54) is 16.6 Å². The molecule has 2 aromatic rings. The van der Waals surface area contributed by atoms with E-state index in [1.54, 1.807) is 0 Å². The van der Waals surface area contributed by atoms with Crippen molar-refractivity contribution in [3.8, 4) is 0 Å². The Balaban J connectivity index is 2.39. The third kappa shape index (κ3) is 2.33. The predicted molar refractivity (Wildman–Crippen MR) is 69.0 cm³/mol. The Bertz CT molecular complexity index is 531. The van der Waals surface area contributed by atoms with Gasteiger partial charge in [0.2, 0.25) is 0 Å². The summed E-state index contributed by atoms with van der Waals surface area (Å²) in [5.74, 6) is 0. The number of nitrogens with zero attached hydrogens (tertiary/aromatic N) is 2. The van der Waals surface area contributed by atoms with E-state index in [4.69, 9.17) is 5.11 Å². The van der Waals surface area contributed by atoms with Crippen molar-refractivity contribution in [2.75, 3.05) is 13.2 Å². The molecule has 0 aliphatic rings. The normalized spacial score (nSPS) is 11.3. The summed E-state index contributed by atoms with van der Waals surface area (Å²) < 4.78 is 2.18. The van der Waals surface area contributed by atoms with Gasteiger partial charge in [-0.1, -0.05) is 0 Å². The lowest BCUT2D eigenvalue weighted by Gasteiger charge is -2.05. The average molecular weight is 233 g/mol. The van der Waals surface area contributed by atoms with Crippen molar-refractivity contribution in [3.63, 3.8) is 0 Å². The summed E-state index contributed by atoms with van der Waals surface area (Å²) in [5.41, 5.74) is 4.55. The molecule has 2 rings (SSSR count). The lowest BCUT2D eigenvalue weighted by molar-refractivity contribution is 0.291. The lowest BCUT2D eigenvalue weighted by Crippen LogP contribution is -2.18. The van der Waals surface area contributed by atoms with E-state index in [2.05, 4.69) is 34.0 Å². The molecule has 0 amide bonds. The van der Waals surface area contributed by atoms with Crippen LogP contribution in [0, 0.1) is 13.8 Å². The smallest absolute Gasteiger partial charge is 0.0556 e. The maximum Gasteiger partial charge on any atom is 0.0556 e. The molecule has 0 fully saturated rings. The van der Waals surface area contributed by atoms with Crippen molar-refractivity contribution < 1.29 is 5.11 Å². The molecular weight excluding hydrogens is 214 g/mol. The van der Waals surface area contributed by atoms with E-state index in [0.29, 0.717) is 6.54 Å². The number of aryl methyl sites for hydroxylation is 3. The van der Waals surface area contributed by atoms with Crippen LogP contribution in [0.25, 0.3) is 10.9 Å². The quantitative estimate of drug-likeness (QED) is 0.782. The van der Waals surface area contributed by atoms with Crippen molar-refractivity contribution in [2.24, 2.45) is 7.05 Å². The SMILES string of the molecule is Cc1cc2c(cc(CNCCO)n2C)c(C)n1. The molecule has 0 saturated carbocycles. The fraction of sp³-hybridized carbons (Fsp3) is 0.462. The van der Waals surface area contributed by atoms with Gasteiger partial charge in [0.1, 0.15) is 0 Å². The Kier molecular flexibility index (Phi) is 3.45. The van der Waals surface area contributed by atoms with Crippen molar-refractivity contribution >= 4 is 10.9 Å². The molecule has 2 aromatic heterocycles. The number of aliphatic hydroxyl groups excluding tert-OH is 1. The summed E-state index contributed by atoms with van der Waals surface area (Å²) >= 11 is 0. The zero-order valence-corrected chi connectivity index (χ0v) is 10.6. The van der Waals surface area contributed by atoms with Crippen LogP contribution in [-0.4, -0.2) is 27.8 Å². The number of rotatable bonds is 4. The van der Waals surface area contributed by atoms with Gasteiger partial charge in [0.25, 0.3) is 0 Å². The summed E-state index contributed by atoms with van der Waals surface area (Å²) in [5, 5.41) is 13.2. The van der Waals surface area contributed by atoms with Crippen LogP contribution in [-0.2, 0) is 13.6 Å². The molecule has 0 bridgehead atoms. The number of aliphatic hydroxyl groups is 1. The van der Waals surface area contributed by atoms with E-state index in [-0.39, 0.29) is 6.61 Å². The first-order chi connectivity index (χ1) is 8.13. The molecule has 0 radical (unpaired) electrons. The zero-order valence-electron chi connectivity index (χ0n) is 10.6. The third-order valence-corrected chi connectivity index (χ3v) is 3.05. The molecule has 0 saturated heterocycles. The minimum atomic E-state index is 0.170. The Morgan fingerprint density at radius 3 is 2.82 bits per heavy atom. The van der Waals surface area contributed by atoms with E-state index >= 15 is 0 Å². The Morgan fingerprint density at radius 2 is 2.12 bits per heavy atom. The van der Waals surface area contributed by atoms with Crippen LogP contribution < -0.4 is 5.32 Å². The lowest BCUT2D eigenvalue weighted by atomic mass is 10.2. The average Bonchev–Trinajstić information content (AvgIpc) is 2.58. The highest BCUT2D eigenvalue weighted by Gasteiger charge is 2.08. The third-order valence-electron chi connectivity index (χ3n) is 3.05. The Labute approximate surface area is 101 Å². The van der Waals surface area contributed by atoms with Crippen LogP contribution in [0.5, 0.6) is 0 Å². The van der Waals surface area contributed by atoms with Crippen LogP contribution in [0.3, 0.4) is 0 Å². The molecule has 2 heterocycles.